The van der Waals surface area contributed by atoms with Crippen LogP contribution in [0.5, 0.6) is 0 Å². The fourth-order valence-corrected chi connectivity index (χ4v) is 3.50. The smallest absolute Gasteiger partial charge is 0.213 e. The molecule has 0 spiro atoms. The first-order chi connectivity index (χ1) is 12.1. The van der Waals surface area contributed by atoms with Gasteiger partial charge in [0.2, 0.25) is 10.0 Å². The minimum Gasteiger partial charge on any atom is -0.377 e. The van der Waals surface area contributed by atoms with Crippen molar-refractivity contribution in [3.8, 4) is 0 Å². The van der Waals surface area contributed by atoms with Crippen molar-refractivity contribution in [1.82, 2.24) is 10.0 Å². The van der Waals surface area contributed by atoms with E-state index in [0.717, 1.165) is 25.7 Å². The van der Waals surface area contributed by atoms with Crippen LogP contribution in [0.1, 0.15) is 24.8 Å². The largest absolute Gasteiger partial charge is 0.377 e. The van der Waals surface area contributed by atoms with Crippen LogP contribution in [0.25, 0.3) is 0 Å². The van der Waals surface area contributed by atoms with E-state index in [1.807, 2.05) is 30.3 Å². The zero-order valence-electron chi connectivity index (χ0n) is 14.9. The molecule has 148 valence electrons. The van der Waals surface area contributed by atoms with Gasteiger partial charge in [0, 0.05) is 19.7 Å². The Bertz CT molecular complexity index is 635. The van der Waals surface area contributed by atoms with E-state index in [1.165, 1.54) is 5.56 Å². The van der Waals surface area contributed by atoms with Crippen LogP contribution in [0.15, 0.2) is 35.3 Å². The molecule has 0 saturated carbocycles. The summed E-state index contributed by atoms with van der Waals surface area (Å²) in [6, 6.07) is 10.0. The summed E-state index contributed by atoms with van der Waals surface area (Å²) in [5.74, 6) is 0.183. The second-order valence-corrected chi connectivity index (χ2v) is 8.01. The third kappa shape index (κ3) is 9.70. The number of benzene rings is 1. The second-order valence-electron chi connectivity index (χ2n) is 6.09. The average Bonchev–Trinajstić information content (AvgIpc) is 2.62. The molecule has 0 radical (unpaired) electrons. The lowest BCUT2D eigenvalue weighted by Gasteiger charge is -2.22. The fourth-order valence-electron chi connectivity index (χ4n) is 2.58. The Morgan fingerprint density at radius 2 is 2.04 bits per heavy atom. The quantitative estimate of drug-likeness (QED) is 0.271. The molecule has 1 aromatic rings. The number of ether oxygens (including phenoxy) is 1. The lowest BCUT2D eigenvalue weighted by molar-refractivity contribution is 0.0200. The van der Waals surface area contributed by atoms with Gasteiger partial charge in [0.25, 0.3) is 0 Å². The molecule has 1 aliphatic heterocycles. The van der Waals surface area contributed by atoms with E-state index in [2.05, 4.69) is 15.0 Å². The molecule has 1 heterocycles. The number of halogens is 1. The third-order valence-corrected chi connectivity index (χ3v) is 5.34. The van der Waals surface area contributed by atoms with Crippen LogP contribution in [-0.4, -0.2) is 52.5 Å². The van der Waals surface area contributed by atoms with Crippen LogP contribution >= 0.6 is 24.0 Å². The summed E-state index contributed by atoms with van der Waals surface area (Å²) in [6.07, 6.45) is 3.85. The topological polar surface area (TPSA) is 106 Å². The summed E-state index contributed by atoms with van der Waals surface area (Å²) in [5.41, 5.74) is 6.97. The van der Waals surface area contributed by atoms with Gasteiger partial charge in [-0.1, -0.05) is 30.3 Å². The Kier molecular flexibility index (Phi) is 11.1. The maximum absolute atomic E-state index is 12.0. The molecule has 9 heteroatoms. The van der Waals surface area contributed by atoms with Crippen LogP contribution < -0.4 is 15.8 Å². The summed E-state index contributed by atoms with van der Waals surface area (Å²) in [5, 5.41) is 2.99. The van der Waals surface area contributed by atoms with Crippen LogP contribution in [-0.2, 0) is 21.2 Å². The van der Waals surface area contributed by atoms with Crippen LogP contribution in [0.3, 0.4) is 0 Å². The molecule has 1 fully saturated rings. The maximum atomic E-state index is 12.0. The third-order valence-electron chi connectivity index (χ3n) is 4.01. The number of nitrogens with zero attached hydrogens (tertiary/aromatic N) is 1. The lowest BCUT2D eigenvalue weighted by atomic mass is 10.1. The molecule has 1 saturated heterocycles. The summed E-state index contributed by atoms with van der Waals surface area (Å²) in [7, 11) is -3.36. The lowest BCUT2D eigenvalue weighted by Crippen LogP contribution is -2.37. The van der Waals surface area contributed by atoms with Gasteiger partial charge < -0.3 is 15.8 Å². The normalized spacial score (nSPS) is 18.2. The van der Waals surface area contributed by atoms with Gasteiger partial charge in [-0.25, -0.2) is 13.1 Å². The number of nitrogens with two attached hydrogens (primary N) is 1. The molecule has 0 aromatic heterocycles. The van der Waals surface area contributed by atoms with E-state index < -0.39 is 10.0 Å². The van der Waals surface area contributed by atoms with Gasteiger partial charge in [0.15, 0.2) is 5.96 Å². The minimum atomic E-state index is -3.36. The Labute approximate surface area is 173 Å². The predicted octanol–water partition coefficient (Wildman–Crippen LogP) is 1.24. The van der Waals surface area contributed by atoms with Gasteiger partial charge in [-0.15, -0.1) is 24.0 Å². The van der Waals surface area contributed by atoms with E-state index in [4.69, 9.17) is 10.5 Å². The number of aliphatic imine (C=N–C) groups is 1. The molecule has 7 nitrogen and oxygen atoms in total. The second kappa shape index (κ2) is 12.5. The Hall–Kier alpha value is -0.910. The monoisotopic (exact) mass is 496 g/mol. The molecular formula is C17H29IN4O3S. The van der Waals surface area contributed by atoms with Crippen molar-refractivity contribution in [2.45, 2.75) is 31.8 Å². The molecule has 1 atom stereocenters. The van der Waals surface area contributed by atoms with Gasteiger partial charge in [0.1, 0.15) is 0 Å². The molecular weight excluding hydrogens is 467 g/mol. The number of nitrogens with one attached hydrogen (secondary N) is 2. The number of sulfonamides is 1. The van der Waals surface area contributed by atoms with Crippen molar-refractivity contribution >= 4 is 40.0 Å². The number of rotatable bonds is 9. The molecule has 1 aromatic carbocycles. The molecule has 1 aliphatic rings. The number of hydrogen-bond donors (Lipinski definition) is 3. The van der Waals surface area contributed by atoms with E-state index >= 15 is 0 Å². The van der Waals surface area contributed by atoms with Gasteiger partial charge in [0.05, 0.1) is 18.4 Å². The molecule has 1 unspecified atom stereocenters. The maximum Gasteiger partial charge on any atom is 0.213 e. The van der Waals surface area contributed by atoms with Gasteiger partial charge >= 0.3 is 0 Å². The summed E-state index contributed by atoms with van der Waals surface area (Å²) in [6.45, 7) is 1.83. The summed E-state index contributed by atoms with van der Waals surface area (Å²) in [4.78, 5) is 4.07. The highest BCUT2D eigenvalue weighted by molar-refractivity contribution is 14.0. The van der Waals surface area contributed by atoms with E-state index in [-0.39, 0.29) is 48.3 Å². The van der Waals surface area contributed by atoms with Crippen molar-refractivity contribution in [2.24, 2.45) is 10.7 Å². The number of hydrogen-bond acceptors (Lipinski definition) is 4. The molecule has 2 rings (SSSR count). The molecule has 0 aliphatic carbocycles. The Balaban J connectivity index is 0.00000338. The fraction of sp³-hybridized carbons (Fsp3) is 0.588. The average molecular weight is 496 g/mol. The predicted molar refractivity (Wildman–Crippen MR) is 115 cm³/mol. The zero-order valence-corrected chi connectivity index (χ0v) is 18.0. The van der Waals surface area contributed by atoms with Gasteiger partial charge in [-0.3, -0.25) is 4.99 Å². The first kappa shape index (κ1) is 23.1. The first-order valence-corrected chi connectivity index (χ1v) is 10.4. The Morgan fingerprint density at radius 3 is 2.73 bits per heavy atom. The van der Waals surface area contributed by atoms with Crippen molar-refractivity contribution in [2.75, 3.05) is 32.0 Å². The standard InChI is InChI=1S/C17H28N4O3S.HI/c18-17(19-10-9-15-6-2-1-3-7-15)20-11-13-25(22,23)21-14-16-8-4-5-12-24-16;/h1-3,6-7,16,21H,4-5,8-14H2,(H3,18,19,20);1H. The molecule has 0 bridgehead atoms. The Morgan fingerprint density at radius 1 is 1.27 bits per heavy atom. The van der Waals surface area contributed by atoms with Gasteiger partial charge in [-0.2, -0.15) is 0 Å². The molecule has 26 heavy (non-hydrogen) atoms. The van der Waals surface area contributed by atoms with Crippen LogP contribution in [0, 0.1) is 0 Å². The highest BCUT2D eigenvalue weighted by Gasteiger charge is 2.17. The van der Waals surface area contributed by atoms with Crippen molar-refractivity contribution in [3.63, 3.8) is 0 Å². The summed E-state index contributed by atoms with van der Waals surface area (Å²) < 4.78 is 32.0. The van der Waals surface area contributed by atoms with Crippen LogP contribution in [0.4, 0.5) is 0 Å². The van der Waals surface area contributed by atoms with E-state index in [0.29, 0.717) is 19.7 Å². The molecule has 4 N–H and O–H groups in total. The SMILES string of the molecule is I.NC(=NCCS(=O)(=O)NCC1CCCCO1)NCCc1ccccc1. The van der Waals surface area contributed by atoms with Crippen molar-refractivity contribution < 1.29 is 13.2 Å². The zero-order chi connectivity index (χ0) is 18.0. The summed E-state index contributed by atoms with van der Waals surface area (Å²) >= 11 is 0. The van der Waals surface area contributed by atoms with Gasteiger partial charge in [-0.05, 0) is 31.2 Å². The van der Waals surface area contributed by atoms with E-state index in [1.54, 1.807) is 0 Å². The van der Waals surface area contributed by atoms with Crippen molar-refractivity contribution in [3.05, 3.63) is 35.9 Å². The first-order valence-electron chi connectivity index (χ1n) is 8.72. The number of guanidine groups is 1. The van der Waals surface area contributed by atoms with Crippen LogP contribution in [0.2, 0.25) is 0 Å². The van der Waals surface area contributed by atoms with Crippen molar-refractivity contribution in [1.29, 1.82) is 0 Å². The minimum absolute atomic E-state index is 0. The molecule has 0 amide bonds. The van der Waals surface area contributed by atoms with E-state index in [9.17, 15) is 8.42 Å². The highest BCUT2D eigenvalue weighted by Crippen LogP contribution is 2.11. The highest BCUT2D eigenvalue weighted by atomic mass is 127.